The van der Waals surface area contributed by atoms with E-state index in [0.29, 0.717) is 19.5 Å². The van der Waals surface area contributed by atoms with Gasteiger partial charge in [-0.25, -0.2) is 8.42 Å². The summed E-state index contributed by atoms with van der Waals surface area (Å²) in [5.74, 6) is -0.0149. The lowest BCUT2D eigenvalue weighted by atomic mass is 10.2. The van der Waals surface area contributed by atoms with Crippen LogP contribution in [0.5, 0.6) is 0 Å². The monoisotopic (exact) mass is 426 g/mol. The second kappa shape index (κ2) is 8.22. The van der Waals surface area contributed by atoms with Crippen LogP contribution in [-0.2, 0) is 32.4 Å². The molecule has 7 heteroatoms. The predicted octanol–water partition coefficient (Wildman–Crippen LogP) is 2.85. The molecule has 0 saturated heterocycles. The number of rotatable bonds is 7. The topological polar surface area (TPSA) is 83.6 Å². The van der Waals surface area contributed by atoms with Gasteiger partial charge in [0, 0.05) is 31.1 Å². The average Bonchev–Trinajstić information content (AvgIpc) is 3.51. The van der Waals surface area contributed by atoms with E-state index in [4.69, 9.17) is 0 Å². The van der Waals surface area contributed by atoms with E-state index in [2.05, 4.69) is 5.32 Å². The first-order valence-electron chi connectivity index (χ1n) is 10.3. The quantitative estimate of drug-likeness (QED) is 0.738. The first kappa shape index (κ1) is 20.6. The van der Waals surface area contributed by atoms with E-state index in [9.17, 15) is 18.0 Å². The Bertz CT molecular complexity index is 1060. The summed E-state index contributed by atoms with van der Waals surface area (Å²) in [5, 5.41) is 1.95. The van der Waals surface area contributed by atoms with E-state index in [1.54, 1.807) is 30.0 Å². The zero-order valence-corrected chi connectivity index (χ0v) is 17.8. The molecule has 158 valence electrons. The van der Waals surface area contributed by atoms with Crippen LogP contribution in [0.1, 0.15) is 37.3 Å². The minimum Gasteiger partial charge on any atom is -0.352 e. The fourth-order valence-electron chi connectivity index (χ4n) is 3.81. The van der Waals surface area contributed by atoms with Crippen molar-refractivity contribution in [2.45, 2.75) is 49.3 Å². The van der Waals surface area contributed by atoms with Crippen LogP contribution in [-0.4, -0.2) is 32.0 Å². The molecule has 2 aromatic rings. The Kier molecular flexibility index (Phi) is 5.64. The van der Waals surface area contributed by atoms with Crippen molar-refractivity contribution in [3.05, 3.63) is 59.7 Å². The lowest BCUT2D eigenvalue weighted by Crippen LogP contribution is -2.30. The number of hydrogen-bond acceptors (Lipinski definition) is 4. The van der Waals surface area contributed by atoms with Crippen molar-refractivity contribution in [3.8, 4) is 0 Å². The molecule has 0 bridgehead atoms. The van der Waals surface area contributed by atoms with Gasteiger partial charge in [0.2, 0.25) is 11.8 Å². The Balaban J connectivity index is 1.41. The maximum atomic E-state index is 13.0. The number of carbonyl (C=O) groups excluding carboxylic acids is 2. The summed E-state index contributed by atoms with van der Waals surface area (Å²) in [5.41, 5.74) is 2.66. The van der Waals surface area contributed by atoms with Gasteiger partial charge in [0.1, 0.15) is 0 Å². The van der Waals surface area contributed by atoms with Crippen molar-refractivity contribution >= 4 is 27.3 Å². The van der Waals surface area contributed by atoms with Crippen LogP contribution in [0.15, 0.2) is 53.4 Å². The van der Waals surface area contributed by atoms with E-state index in [-0.39, 0.29) is 29.0 Å². The molecule has 1 atom stereocenters. The molecule has 4 rings (SSSR count). The normalized spacial score (nSPS) is 16.8. The Morgan fingerprint density at radius 1 is 1.13 bits per heavy atom. The van der Waals surface area contributed by atoms with Crippen LogP contribution < -0.4 is 10.2 Å². The second-order valence-corrected chi connectivity index (χ2v) is 10.5. The van der Waals surface area contributed by atoms with E-state index in [1.807, 2.05) is 30.3 Å². The van der Waals surface area contributed by atoms with E-state index < -0.39 is 15.1 Å². The van der Waals surface area contributed by atoms with Crippen LogP contribution in [0.4, 0.5) is 5.69 Å². The summed E-state index contributed by atoms with van der Waals surface area (Å²) in [6.45, 7) is 2.54. The first-order chi connectivity index (χ1) is 14.4. The van der Waals surface area contributed by atoms with Gasteiger partial charge in [-0.3, -0.25) is 9.59 Å². The van der Waals surface area contributed by atoms with Crippen LogP contribution in [0, 0.1) is 5.92 Å². The highest BCUT2D eigenvalue weighted by Crippen LogP contribution is 2.37. The van der Waals surface area contributed by atoms with Crippen molar-refractivity contribution in [2.24, 2.45) is 5.92 Å². The summed E-state index contributed by atoms with van der Waals surface area (Å²) >= 11 is 0. The summed E-state index contributed by atoms with van der Waals surface area (Å²) in [4.78, 5) is 26.7. The molecule has 1 aliphatic heterocycles. The molecule has 1 N–H and O–H groups in total. The van der Waals surface area contributed by atoms with Gasteiger partial charge in [-0.15, -0.1) is 0 Å². The third-order valence-electron chi connectivity index (χ3n) is 5.80. The SMILES string of the molecule is CC(CC(=O)NCc1ccccc1)S(=O)(=O)c1ccc2c(c1)CCN2C(=O)C1CC1. The van der Waals surface area contributed by atoms with Crippen molar-refractivity contribution in [1.82, 2.24) is 5.32 Å². The molecule has 1 saturated carbocycles. The number of nitrogens with one attached hydrogen (secondary N) is 1. The Morgan fingerprint density at radius 3 is 2.57 bits per heavy atom. The second-order valence-electron chi connectivity index (χ2n) is 8.13. The number of hydrogen-bond donors (Lipinski definition) is 1. The van der Waals surface area contributed by atoms with Crippen LogP contribution in [0.25, 0.3) is 0 Å². The van der Waals surface area contributed by atoms with E-state index >= 15 is 0 Å². The largest absolute Gasteiger partial charge is 0.352 e. The predicted molar refractivity (Wildman–Crippen MR) is 115 cm³/mol. The van der Waals surface area contributed by atoms with Gasteiger partial charge >= 0.3 is 0 Å². The van der Waals surface area contributed by atoms with Gasteiger partial charge in [0.05, 0.1) is 10.1 Å². The first-order valence-corrected chi connectivity index (χ1v) is 11.9. The maximum absolute atomic E-state index is 13.0. The molecule has 30 heavy (non-hydrogen) atoms. The minimum absolute atomic E-state index is 0.0987. The molecular formula is C23H26N2O4S. The minimum atomic E-state index is -3.64. The maximum Gasteiger partial charge on any atom is 0.230 e. The van der Waals surface area contributed by atoms with Crippen LogP contribution in [0.3, 0.4) is 0 Å². The molecular weight excluding hydrogens is 400 g/mol. The molecule has 0 spiro atoms. The average molecular weight is 427 g/mol. The number of anilines is 1. The lowest BCUT2D eigenvalue weighted by molar-refractivity contribution is -0.121. The Morgan fingerprint density at radius 2 is 1.87 bits per heavy atom. The number of fused-ring (bicyclic) bond motifs is 1. The smallest absolute Gasteiger partial charge is 0.230 e. The Hall–Kier alpha value is -2.67. The zero-order valence-electron chi connectivity index (χ0n) is 17.0. The third kappa shape index (κ3) is 4.26. The van der Waals surface area contributed by atoms with Gasteiger partial charge in [0.15, 0.2) is 9.84 Å². The molecule has 0 aromatic heterocycles. The molecule has 2 aromatic carbocycles. The Labute approximate surface area is 177 Å². The van der Waals surface area contributed by atoms with Crippen LogP contribution >= 0.6 is 0 Å². The number of benzene rings is 2. The van der Waals surface area contributed by atoms with E-state index in [0.717, 1.165) is 29.7 Å². The molecule has 1 fully saturated rings. The van der Waals surface area contributed by atoms with Gasteiger partial charge < -0.3 is 10.2 Å². The highest BCUT2D eigenvalue weighted by molar-refractivity contribution is 7.92. The van der Waals surface area contributed by atoms with Crippen molar-refractivity contribution < 1.29 is 18.0 Å². The molecule has 1 heterocycles. The molecule has 1 aliphatic carbocycles. The van der Waals surface area contributed by atoms with Gasteiger partial charge in [-0.1, -0.05) is 30.3 Å². The summed E-state index contributed by atoms with van der Waals surface area (Å²) in [7, 11) is -3.64. The number of sulfone groups is 1. The molecule has 2 amide bonds. The van der Waals surface area contributed by atoms with Gasteiger partial charge in [-0.2, -0.15) is 0 Å². The van der Waals surface area contributed by atoms with Crippen molar-refractivity contribution in [1.29, 1.82) is 0 Å². The molecule has 6 nitrogen and oxygen atoms in total. The third-order valence-corrected chi connectivity index (χ3v) is 7.94. The van der Waals surface area contributed by atoms with Gasteiger partial charge in [0.25, 0.3) is 0 Å². The highest BCUT2D eigenvalue weighted by atomic mass is 32.2. The molecule has 2 aliphatic rings. The number of amides is 2. The fraction of sp³-hybridized carbons (Fsp3) is 0.391. The molecule has 1 unspecified atom stereocenters. The number of nitrogens with zero attached hydrogens (tertiary/aromatic N) is 1. The van der Waals surface area contributed by atoms with Crippen molar-refractivity contribution in [2.75, 3.05) is 11.4 Å². The van der Waals surface area contributed by atoms with E-state index in [1.165, 1.54) is 0 Å². The fourth-order valence-corrected chi connectivity index (χ4v) is 5.21. The lowest BCUT2D eigenvalue weighted by Gasteiger charge is -2.18. The number of carbonyl (C=O) groups is 2. The standard InChI is InChI=1S/C23H26N2O4S/c1-16(13-22(26)24-15-17-5-3-2-4-6-17)30(28,29)20-9-10-21-19(14-20)11-12-25(21)23(27)18-7-8-18/h2-6,9-10,14,16,18H,7-8,11-13,15H2,1H3,(H,24,26). The summed E-state index contributed by atoms with van der Waals surface area (Å²) in [6.07, 6.45) is 2.45. The summed E-state index contributed by atoms with van der Waals surface area (Å²) in [6, 6.07) is 14.5. The van der Waals surface area contributed by atoms with Crippen LogP contribution in [0.2, 0.25) is 0 Å². The highest BCUT2D eigenvalue weighted by Gasteiger charge is 2.37. The van der Waals surface area contributed by atoms with Crippen molar-refractivity contribution in [3.63, 3.8) is 0 Å². The van der Waals surface area contributed by atoms with Gasteiger partial charge in [-0.05, 0) is 55.5 Å². The molecule has 0 radical (unpaired) electrons. The summed E-state index contributed by atoms with van der Waals surface area (Å²) < 4.78 is 26.0. The zero-order chi connectivity index (χ0) is 21.3.